The van der Waals surface area contributed by atoms with E-state index in [9.17, 15) is 14.4 Å². The zero-order chi connectivity index (χ0) is 23.4. The molecule has 2 aliphatic heterocycles. The molecular weight excluding hydrogens is 414 g/mol. The van der Waals surface area contributed by atoms with Crippen LogP contribution in [-0.2, 0) is 20.8 Å². The zero-order valence-corrected chi connectivity index (χ0v) is 19.1. The van der Waals surface area contributed by atoms with Crippen LogP contribution in [0.3, 0.4) is 0 Å². The fourth-order valence-corrected chi connectivity index (χ4v) is 4.80. The Hall–Kier alpha value is -3.41. The standard InChI is InChI=1S/C27H31N3O3/c1-3-13-29-14-15-30(27(33)24-11-12-25(31)28-24)18-22(26(29)32)17-20-8-6-9-21(16-20)23-10-5-4-7-19(23)2/h3-10,16,22,24H,1,11-15,17-18H2,2H3,(H,28,31)/t22-,24-/m0/s1. The van der Waals surface area contributed by atoms with Crippen molar-refractivity contribution in [1.29, 1.82) is 0 Å². The largest absolute Gasteiger partial charge is 0.344 e. The van der Waals surface area contributed by atoms with Crippen molar-refractivity contribution in [2.24, 2.45) is 5.92 Å². The van der Waals surface area contributed by atoms with Crippen LogP contribution < -0.4 is 5.32 Å². The van der Waals surface area contributed by atoms with Crippen molar-refractivity contribution in [2.75, 3.05) is 26.2 Å². The van der Waals surface area contributed by atoms with Crippen LogP contribution in [0.4, 0.5) is 0 Å². The smallest absolute Gasteiger partial charge is 0.245 e. The number of carbonyl (C=O) groups is 3. The summed E-state index contributed by atoms with van der Waals surface area (Å²) in [7, 11) is 0. The maximum Gasteiger partial charge on any atom is 0.245 e. The van der Waals surface area contributed by atoms with Gasteiger partial charge in [0.25, 0.3) is 0 Å². The van der Waals surface area contributed by atoms with Gasteiger partial charge in [0.05, 0.1) is 5.92 Å². The molecule has 6 nitrogen and oxygen atoms in total. The quantitative estimate of drug-likeness (QED) is 0.695. The van der Waals surface area contributed by atoms with Crippen molar-refractivity contribution in [3.8, 4) is 11.1 Å². The van der Waals surface area contributed by atoms with Crippen LogP contribution >= 0.6 is 0 Å². The molecule has 0 radical (unpaired) electrons. The molecule has 172 valence electrons. The number of nitrogens with one attached hydrogen (secondary N) is 1. The third-order valence-electron chi connectivity index (χ3n) is 6.56. The Bertz CT molecular complexity index is 1060. The minimum absolute atomic E-state index is 0.0435. The molecule has 2 saturated heterocycles. The van der Waals surface area contributed by atoms with Gasteiger partial charge in [-0.15, -0.1) is 6.58 Å². The van der Waals surface area contributed by atoms with Crippen molar-refractivity contribution in [2.45, 2.75) is 32.2 Å². The molecule has 2 aliphatic rings. The molecule has 0 saturated carbocycles. The molecule has 0 bridgehead atoms. The summed E-state index contributed by atoms with van der Waals surface area (Å²) >= 11 is 0. The Labute approximate surface area is 195 Å². The SMILES string of the molecule is C=CCN1CCN(C(=O)[C@@H]2CCC(=O)N2)C[C@H](Cc2cccc(-c3ccccc3C)c2)C1=O. The molecule has 2 fully saturated rings. The molecule has 2 heterocycles. The van der Waals surface area contributed by atoms with Gasteiger partial charge in [-0.25, -0.2) is 0 Å². The highest BCUT2D eigenvalue weighted by molar-refractivity contribution is 5.91. The Balaban J connectivity index is 1.57. The molecule has 3 amide bonds. The number of hydrogen-bond donors (Lipinski definition) is 1. The molecule has 1 N–H and O–H groups in total. The lowest BCUT2D eigenvalue weighted by atomic mass is 9.93. The topological polar surface area (TPSA) is 69.7 Å². The lowest BCUT2D eigenvalue weighted by Crippen LogP contribution is -2.46. The molecular formula is C27H31N3O3. The van der Waals surface area contributed by atoms with Gasteiger partial charge in [-0.1, -0.05) is 54.6 Å². The molecule has 2 aromatic carbocycles. The van der Waals surface area contributed by atoms with Gasteiger partial charge in [-0.05, 0) is 42.0 Å². The average Bonchev–Trinajstić information content (AvgIpc) is 3.19. The summed E-state index contributed by atoms with van der Waals surface area (Å²) < 4.78 is 0. The summed E-state index contributed by atoms with van der Waals surface area (Å²) in [5.41, 5.74) is 4.56. The van der Waals surface area contributed by atoms with Crippen molar-refractivity contribution in [3.05, 3.63) is 72.3 Å². The number of benzene rings is 2. The summed E-state index contributed by atoms with van der Waals surface area (Å²) in [5.74, 6) is -0.479. The molecule has 33 heavy (non-hydrogen) atoms. The number of rotatable bonds is 6. The maximum absolute atomic E-state index is 13.4. The lowest BCUT2D eigenvalue weighted by molar-refractivity contribution is -0.136. The van der Waals surface area contributed by atoms with Gasteiger partial charge in [0, 0.05) is 32.6 Å². The van der Waals surface area contributed by atoms with E-state index < -0.39 is 6.04 Å². The molecule has 0 aromatic heterocycles. The van der Waals surface area contributed by atoms with E-state index in [1.165, 1.54) is 11.1 Å². The minimum Gasteiger partial charge on any atom is -0.344 e. The summed E-state index contributed by atoms with van der Waals surface area (Å²) in [6.45, 7) is 7.62. The van der Waals surface area contributed by atoms with Gasteiger partial charge in [-0.2, -0.15) is 0 Å². The first-order valence-corrected chi connectivity index (χ1v) is 11.6. The Kier molecular flexibility index (Phi) is 6.92. The summed E-state index contributed by atoms with van der Waals surface area (Å²) in [6, 6.07) is 16.1. The zero-order valence-electron chi connectivity index (χ0n) is 19.1. The van der Waals surface area contributed by atoms with Gasteiger partial charge in [0.1, 0.15) is 6.04 Å². The van der Waals surface area contributed by atoms with Crippen molar-refractivity contribution in [3.63, 3.8) is 0 Å². The summed E-state index contributed by atoms with van der Waals surface area (Å²) in [6.07, 6.45) is 3.16. The van der Waals surface area contributed by atoms with Crippen LogP contribution in [0.5, 0.6) is 0 Å². The lowest BCUT2D eigenvalue weighted by Gasteiger charge is -2.26. The molecule has 0 unspecified atom stereocenters. The van der Waals surface area contributed by atoms with E-state index in [0.29, 0.717) is 45.4 Å². The van der Waals surface area contributed by atoms with Crippen molar-refractivity contribution >= 4 is 17.7 Å². The number of aryl methyl sites for hydroxylation is 1. The van der Waals surface area contributed by atoms with E-state index in [1.54, 1.807) is 15.9 Å². The van der Waals surface area contributed by atoms with E-state index in [2.05, 4.69) is 43.1 Å². The highest BCUT2D eigenvalue weighted by atomic mass is 16.2. The molecule has 0 spiro atoms. The second-order valence-electron chi connectivity index (χ2n) is 8.93. The van der Waals surface area contributed by atoms with Crippen LogP contribution in [0.1, 0.15) is 24.0 Å². The Morgan fingerprint density at radius 2 is 1.97 bits per heavy atom. The number of hydrogen-bond acceptors (Lipinski definition) is 3. The Morgan fingerprint density at radius 3 is 2.70 bits per heavy atom. The first-order valence-electron chi connectivity index (χ1n) is 11.6. The van der Waals surface area contributed by atoms with Gasteiger partial charge in [0.2, 0.25) is 17.7 Å². The molecule has 2 aromatic rings. The van der Waals surface area contributed by atoms with Crippen LogP contribution in [0.2, 0.25) is 0 Å². The predicted octanol–water partition coefficient (Wildman–Crippen LogP) is 2.96. The number of amides is 3. The molecule has 0 aliphatic carbocycles. The van der Waals surface area contributed by atoms with Crippen LogP contribution in [0.25, 0.3) is 11.1 Å². The van der Waals surface area contributed by atoms with Crippen LogP contribution in [0, 0.1) is 12.8 Å². The fraction of sp³-hybridized carbons (Fsp3) is 0.370. The van der Waals surface area contributed by atoms with Gasteiger partial charge < -0.3 is 15.1 Å². The third kappa shape index (κ3) is 5.16. The van der Waals surface area contributed by atoms with Gasteiger partial charge >= 0.3 is 0 Å². The fourth-order valence-electron chi connectivity index (χ4n) is 4.80. The van der Waals surface area contributed by atoms with E-state index >= 15 is 0 Å². The monoisotopic (exact) mass is 445 g/mol. The first-order chi connectivity index (χ1) is 16.0. The minimum atomic E-state index is -0.483. The first kappa shape index (κ1) is 22.8. The second kappa shape index (κ2) is 10.0. The van der Waals surface area contributed by atoms with Crippen molar-refractivity contribution < 1.29 is 14.4 Å². The second-order valence-corrected chi connectivity index (χ2v) is 8.93. The predicted molar refractivity (Wildman–Crippen MR) is 128 cm³/mol. The van der Waals surface area contributed by atoms with E-state index in [-0.39, 0.29) is 23.6 Å². The maximum atomic E-state index is 13.4. The van der Waals surface area contributed by atoms with Crippen LogP contribution in [-0.4, -0.2) is 59.7 Å². The Morgan fingerprint density at radius 1 is 1.15 bits per heavy atom. The summed E-state index contributed by atoms with van der Waals surface area (Å²) in [4.78, 5) is 41.6. The number of carbonyl (C=O) groups excluding carboxylic acids is 3. The molecule has 4 rings (SSSR count). The highest BCUT2D eigenvalue weighted by Crippen LogP contribution is 2.26. The van der Waals surface area contributed by atoms with E-state index in [0.717, 1.165) is 11.1 Å². The van der Waals surface area contributed by atoms with Gasteiger partial charge in [0.15, 0.2) is 0 Å². The number of nitrogens with zero attached hydrogens (tertiary/aromatic N) is 2. The normalized spacial score (nSPS) is 21.0. The van der Waals surface area contributed by atoms with Gasteiger partial charge in [-0.3, -0.25) is 14.4 Å². The molecule has 2 atom stereocenters. The summed E-state index contributed by atoms with van der Waals surface area (Å²) in [5, 5.41) is 2.77. The van der Waals surface area contributed by atoms with Crippen molar-refractivity contribution in [1.82, 2.24) is 15.1 Å². The van der Waals surface area contributed by atoms with E-state index in [4.69, 9.17) is 0 Å². The highest BCUT2D eigenvalue weighted by Gasteiger charge is 2.36. The average molecular weight is 446 g/mol. The molecule has 6 heteroatoms. The van der Waals surface area contributed by atoms with Crippen LogP contribution in [0.15, 0.2) is 61.2 Å². The third-order valence-corrected chi connectivity index (χ3v) is 6.56. The van der Waals surface area contributed by atoms with E-state index in [1.807, 2.05) is 24.3 Å².